The van der Waals surface area contributed by atoms with Crippen LogP contribution in [0.4, 0.5) is 9.59 Å². The molecule has 2 aromatic heterocycles. The van der Waals surface area contributed by atoms with Gasteiger partial charge in [-0.25, -0.2) is 9.59 Å². The molecule has 3 aromatic rings. The molecule has 3 rings (SSSR count). The third kappa shape index (κ3) is 3.11. The van der Waals surface area contributed by atoms with Gasteiger partial charge < -0.3 is 29.1 Å². The van der Waals surface area contributed by atoms with E-state index in [0.717, 1.165) is 6.07 Å². The summed E-state index contributed by atoms with van der Waals surface area (Å²) in [5.41, 5.74) is 0.852. The molecule has 0 atom stereocenters. The Balaban J connectivity index is 2.31. The van der Waals surface area contributed by atoms with E-state index < -0.39 is 23.7 Å². The highest BCUT2D eigenvalue weighted by Gasteiger charge is 2.17. The first kappa shape index (κ1) is 16.4. The molecular formula is C16H13NO8. The number of H-pyrrole nitrogens is 1. The minimum atomic E-state index is -1.60. The minimum absolute atomic E-state index is 0.00428. The van der Waals surface area contributed by atoms with Gasteiger partial charge >= 0.3 is 12.3 Å². The highest BCUT2D eigenvalue weighted by molar-refractivity contribution is 5.99. The van der Waals surface area contributed by atoms with Crippen molar-refractivity contribution in [3.63, 3.8) is 0 Å². The molecule has 0 unspecified atom stereocenters. The number of nitrogens with one attached hydrogen (secondary N) is 1. The molecule has 130 valence electrons. The SMILES string of the molecule is CCCc1c2[nH]c(OC(=O)O)cc2cc2c(=O)cc(OC(=O)O)oc12. The number of hydrogen-bond donors (Lipinski definition) is 3. The number of fused-ring (bicyclic) bond motifs is 2. The Morgan fingerprint density at radius 3 is 2.52 bits per heavy atom. The lowest BCUT2D eigenvalue weighted by Gasteiger charge is -2.08. The van der Waals surface area contributed by atoms with Crippen molar-refractivity contribution in [2.24, 2.45) is 0 Å². The molecule has 0 amide bonds. The van der Waals surface area contributed by atoms with Crippen LogP contribution in [0.2, 0.25) is 0 Å². The van der Waals surface area contributed by atoms with E-state index in [4.69, 9.17) is 14.6 Å². The Kier molecular flexibility index (Phi) is 4.05. The van der Waals surface area contributed by atoms with Crippen molar-refractivity contribution >= 4 is 34.2 Å². The zero-order valence-corrected chi connectivity index (χ0v) is 13.0. The van der Waals surface area contributed by atoms with Gasteiger partial charge in [-0.05, 0) is 12.5 Å². The van der Waals surface area contributed by atoms with Gasteiger partial charge in [0.2, 0.25) is 5.88 Å². The van der Waals surface area contributed by atoms with Crippen LogP contribution in [-0.4, -0.2) is 27.5 Å². The molecule has 0 aliphatic heterocycles. The molecular weight excluding hydrogens is 334 g/mol. The lowest BCUT2D eigenvalue weighted by atomic mass is 10.0. The molecule has 25 heavy (non-hydrogen) atoms. The van der Waals surface area contributed by atoms with Crippen LogP contribution in [0.25, 0.3) is 21.9 Å². The van der Waals surface area contributed by atoms with Crippen molar-refractivity contribution < 1.29 is 33.7 Å². The van der Waals surface area contributed by atoms with Gasteiger partial charge in [-0.2, -0.15) is 0 Å². The van der Waals surface area contributed by atoms with E-state index in [1.807, 2.05) is 6.92 Å². The summed E-state index contributed by atoms with van der Waals surface area (Å²) in [6.07, 6.45) is -1.87. The molecule has 0 saturated carbocycles. The van der Waals surface area contributed by atoms with Crippen molar-refractivity contribution in [3.8, 4) is 11.8 Å². The Morgan fingerprint density at radius 1 is 1.16 bits per heavy atom. The summed E-state index contributed by atoms with van der Waals surface area (Å²) in [5, 5.41) is 18.2. The van der Waals surface area contributed by atoms with Crippen LogP contribution in [0, 0.1) is 0 Å². The summed E-state index contributed by atoms with van der Waals surface area (Å²) in [7, 11) is 0. The van der Waals surface area contributed by atoms with E-state index in [9.17, 15) is 14.4 Å². The van der Waals surface area contributed by atoms with Crippen LogP contribution in [0.1, 0.15) is 18.9 Å². The molecule has 0 aliphatic rings. The standard InChI is InChI=1S/C16H13NO8/c1-2-3-8-13-7(5-11(17-13)23-15(19)20)4-9-10(18)6-12(24-14(8)9)25-16(21)22/h4-6,17H,2-3H2,1H3,(H,19,20)(H,21,22). The fourth-order valence-electron chi connectivity index (χ4n) is 2.69. The summed E-state index contributed by atoms with van der Waals surface area (Å²) in [5.74, 6) is -0.431. The number of rotatable bonds is 4. The summed E-state index contributed by atoms with van der Waals surface area (Å²) in [6.45, 7) is 1.91. The summed E-state index contributed by atoms with van der Waals surface area (Å²) < 4.78 is 14.5. The maximum absolute atomic E-state index is 12.3. The summed E-state index contributed by atoms with van der Waals surface area (Å²) in [4.78, 5) is 36.5. The third-order valence-corrected chi connectivity index (χ3v) is 3.55. The fraction of sp³-hybridized carbons (Fsp3) is 0.188. The second-order valence-electron chi connectivity index (χ2n) is 5.25. The Bertz CT molecular complexity index is 1050. The van der Waals surface area contributed by atoms with Crippen LogP contribution in [0.5, 0.6) is 11.8 Å². The smallest absolute Gasteiger partial charge is 0.449 e. The number of benzene rings is 1. The maximum atomic E-state index is 12.3. The molecule has 0 aliphatic carbocycles. The van der Waals surface area contributed by atoms with E-state index in [0.29, 0.717) is 29.3 Å². The molecule has 0 radical (unpaired) electrons. The second-order valence-corrected chi connectivity index (χ2v) is 5.25. The first-order chi connectivity index (χ1) is 11.9. The van der Waals surface area contributed by atoms with Crippen LogP contribution < -0.4 is 14.9 Å². The van der Waals surface area contributed by atoms with Gasteiger partial charge in [0.1, 0.15) is 5.58 Å². The Morgan fingerprint density at radius 2 is 1.88 bits per heavy atom. The topological polar surface area (TPSA) is 139 Å². The summed E-state index contributed by atoms with van der Waals surface area (Å²) in [6, 6.07) is 3.92. The quantitative estimate of drug-likeness (QED) is 0.611. The highest BCUT2D eigenvalue weighted by atomic mass is 16.7. The predicted molar refractivity (Wildman–Crippen MR) is 85.6 cm³/mol. The fourth-order valence-corrected chi connectivity index (χ4v) is 2.69. The van der Waals surface area contributed by atoms with Crippen molar-refractivity contribution in [1.29, 1.82) is 0 Å². The van der Waals surface area contributed by atoms with Crippen molar-refractivity contribution in [2.45, 2.75) is 19.8 Å². The first-order valence-corrected chi connectivity index (χ1v) is 7.33. The second kappa shape index (κ2) is 6.19. The number of carbonyl (C=O) groups is 2. The third-order valence-electron chi connectivity index (χ3n) is 3.55. The number of aryl methyl sites for hydroxylation is 1. The van der Waals surface area contributed by atoms with Gasteiger partial charge in [-0.15, -0.1) is 0 Å². The Labute approximate surface area is 139 Å². The van der Waals surface area contributed by atoms with E-state index in [-0.39, 0.29) is 16.8 Å². The summed E-state index contributed by atoms with van der Waals surface area (Å²) >= 11 is 0. The minimum Gasteiger partial charge on any atom is -0.449 e. The number of aromatic amines is 1. The lowest BCUT2D eigenvalue weighted by molar-refractivity contribution is 0.133. The molecule has 0 saturated heterocycles. The van der Waals surface area contributed by atoms with Gasteiger partial charge in [-0.3, -0.25) is 4.79 Å². The van der Waals surface area contributed by atoms with Crippen molar-refractivity contribution in [2.75, 3.05) is 0 Å². The van der Waals surface area contributed by atoms with Gasteiger partial charge in [0, 0.05) is 17.0 Å². The van der Waals surface area contributed by atoms with Crippen molar-refractivity contribution in [3.05, 3.63) is 34.0 Å². The van der Waals surface area contributed by atoms with Gasteiger partial charge in [-0.1, -0.05) is 13.3 Å². The zero-order chi connectivity index (χ0) is 18.1. The molecule has 0 fully saturated rings. The molecule has 9 heteroatoms. The van der Waals surface area contributed by atoms with E-state index >= 15 is 0 Å². The van der Waals surface area contributed by atoms with Crippen LogP contribution >= 0.6 is 0 Å². The van der Waals surface area contributed by atoms with Crippen LogP contribution in [0.3, 0.4) is 0 Å². The van der Waals surface area contributed by atoms with E-state index in [1.165, 1.54) is 12.1 Å². The van der Waals surface area contributed by atoms with Crippen LogP contribution in [0.15, 0.2) is 27.4 Å². The lowest BCUT2D eigenvalue weighted by Crippen LogP contribution is -2.08. The molecule has 1 aromatic carbocycles. The molecule has 0 spiro atoms. The first-order valence-electron chi connectivity index (χ1n) is 7.33. The normalized spacial score (nSPS) is 10.9. The largest absolute Gasteiger partial charge is 0.513 e. The van der Waals surface area contributed by atoms with Gasteiger partial charge in [0.15, 0.2) is 5.43 Å². The van der Waals surface area contributed by atoms with Gasteiger partial charge in [0.25, 0.3) is 5.95 Å². The van der Waals surface area contributed by atoms with Crippen LogP contribution in [-0.2, 0) is 6.42 Å². The highest BCUT2D eigenvalue weighted by Crippen LogP contribution is 2.32. The van der Waals surface area contributed by atoms with E-state index in [2.05, 4.69) is 14.5 Å². The maximum Gasteiger partial charge on any atom is 0.513 e. The zero-order valence-electron chi connectivity index (χ0n) is 13.0. The molecule has 9 nitrogen and oxygen atoms in total. The number of hydrogen-bond acceptors (Lipinski definition) is 6. The van der Waals surface area contributed by atoms with Gasteiger partial charge in [0.05, 0.1) is 17.0 Å². The Hall–Kier alpha value is -3.49. The average molecular weight is 347 g/mol. The molecule has 3 N–H and O–H groups in total. The van der Waals surface area contributed by atoms with E-state index in [1.54, 1.807) is 0 Å². The number of ether oxygens (including phenoxy) is 2. The average Bonchev–Trinajstić information content (AvgIpc) is 2.89. The number of aromatic nitrogens is 1. The van der Waals surface area contributed by atoms with Crippen molar-refractivity contribution in [1.82, 2.24) is 4.98 Å². The molecule has 2 heterocycles. The predicted octanol–water partition coefficient (Wildman–Crippen LogP) is 3.34. The molecule has 0 bridgehead atoms. The number of carboxylic acid groups (broad SMARTS) is 2. The monoisotopic (exact) mass is 347 g/mol.